The molecule has 0 fully saturated rings. The van der Waals surface area contributed by atoms with Gasteiger partial charge in [-0.15, -0.1) is 0 Å². The average Bonchev–Trinajstić information content (AvgIpc) is 2.29. The third-order valence-corrected chi connectivity index (χ3v) is 3.65. The Labute approximate surface area is 99.8 Å². The summed E-state index contributed by atoms with van der Waals surface area (Å²) in [7, 11) is -2.12. The van der Waals surface area contributed by atoms with Crippen molar-refractivity contribution in [1.29, 1.82) is 0 Å². The zero-order valence-corrected chi connectivity index (χ0v) is 10.1. The molecule has 0 amide bonds. The van der Waals surface area contributed by atoms with Crippen LogP contribution in [0.15, 0.2) is 41.3 Å². The highest BCUT2D eigenvalue weighted by Gasteiger charge is 2.11. The molecule has 1 aromatic rings. The van der Waals surface area contributed by atoms with E-state index in [2.05, 4.69) is 11.3 Å². The van der Waals surface area contributed by atoms with Crippen molar-refractivity contribution in [2.75, 3.05) is 7.05 Å². The van der Waals surface area contributed by atoms with E-state index in [1.165, 1.54) is 19.2 Å². The zero-order valence-electron chi connectivity index (χ0n) is 9.30. The first-order valence-corrected chi connectivity index (χ1v) is 6.28. The summed E-state index contributed by atoms with van der Waals surface area (Å²) in [6.07, 6.45) is 0.190. The number of carbonyl (C=O) groups is 1. The fourth-order valence-electron chi connectivity index (χ4n) is 1.23. The van der Waals surface area contributed by atoms with Crippen LogP contribution in [0.4, 0.5) is 0 Å². The maximum Gasteiger partial charge on any atom is 0.331 e. The molecule has 0 aromatic heterocycles. The molecule has 0 aliphatic rings. The molecule has 1 rings (SSSR count). The lowest BCUT2D eigenvalue weighted by Crippen LogP contribution is -2.18. The Kier molecular flexibility index (Phi) is 4.03. The van der Waals surface area contributed by atoms with Gasteiger partial charge >= 0.3 is 5.97 Å². The lowest BCUT2D eigenvalue weighted by atomic mass is 10.1. The van der Waals surface area contributed by atoms with Gasteiger partial charge in [0.2, 0.25) is 10.0 Å². The number of hydrogen-bond acceptors (Lipinski definition) is 3. The summed E-state index contributed by atoms with van der Waals surface area (Å²) in [6.45, 7) is 3.41. The fourth-order valence-corrected chi connectivity index (χ4v) is 1.96. The number of benzene rings is 1. The van der Waals surface area contributed by atoms with Crippen molar-refractivity contribution in [3.05, 3.63) is 42.0 Å². The van der Waals surface area contributed by atoms with Crippen LogP contribution >= 0.6 is 0 Å². The minimum absolute atomic E-state index is 0.0641. The summed E-state index contributed by atoms with van der Waals surface area (Å²) in [4.78, 5) is 10.7. The molecule has 92 valence electrons. The second kappa shape index (κ2) is 5.11. The van der Waals surface area contributed by atoms with Crippen molar-refractivity contribution in [2.45, 2.75) is 11.3 Å². The van der Waals surface area contributed by atoms with Crippen LogP contribution in [0.2, 0.25) is 0 Å². The minimum atomic E-state index is -3.45. The predicted octanol–water partition coefficient (Wildman–Crippen LogP) is 0.778. The summed E-state index contributed by atoms with van der Waals surface area (Å²) >= 11 is 0. The Morgan fingerprint density at radius 3 is 2.29 bits per heavy atom. The van der Waals surface area contributed by atoms with E-state index in [0.29, 0.717) is 5.56 Å². The van der Waals surface area contributed by atoms with Crippen LogP contribution in [-0.4, -0.2) is 26.5 Å². The van der Waals surface area contributed by atoms with Gasteiger partial charge in [-0.3, -0.25) is 0 Å². The number of nitrogens with one attached hydrogen (secondary N) is 1. The zero-order chi connectivity index (χ0) is 13.1. The highest BCUT2D eigenvalue weighted by molar-refractivity contribution is 7.89. The number of carboxylic acid groups (broad SMARTS) is 1. The van der Waals surface area contributed by atoms with E-state index in [4.69, 9.17) is 5.11 Å². The van der Waals surface area contributed by atoms with Gasteiger partial charge in [0, 0.05) is 12.0 Å². The molecule has 17 heavy (non-hydrogen) atoms. The minimum Gasteiger partial charge on any atom is -0.478 e. The average molecular weight is 255 g/mol. The third kappa shape index (κ3) is 3.40. The smallest absolute Gasteiger partial charge is 0.331 e. The van der Waals surface area contributed by atoms with E-state index in [1.54, 1.807) is 12.1 Å². The monoisotopic (exact) mass is 255 g/mol. The molecule has 1 aromatic carbocycles. The molecule has 0 atom stereocenters. The number of aliphatic carboxylic acids is 1. The molecule has 0 aliphatic carbocycles. The van der Waals surface area contributed by atoms with Gasteiger partial charge in [-0.25, -0.2) is 17.9 Å². The Balaban J connectivity index is 2.90. The van der Waals surface area contributed by atoms with E-state index in [-0.39, 0.29) is 16.9 Å². The highest BCUT2D eigenvalue weighted by atomic mass is 32.2. The molecule has 0 heterocycles. The quantitative estimate of drug-likeness (QED) is 0.761. The molecule has 5 nitrogen and oxygen atoms in total. The Morgan fingerprint density at radius 2 is 1.88 bits per heavy atom. The first-order chi connectivity index (χ1) is 7.86. The van der Waals surface area contributed by atoms with E-state index in [0.717, 1.165) is 0 Å². The second-order valence-electron chi connectivity index (χ2n) is 3.44. The number of hydrogen-bond donors (Lipinski definition) is 2. The van der Waals surface area contributed by atoms with Crippen LogP contribution in [0.1, 0.15) is 5.56 Å². The topological polar surface area (TPSA) is 83.5 Å². The van der Waals surface area contributed by atoms with Gasteiger partial charge < -0.3 is 5.11 Å². The number of rotatable bonds is 5. The van der Waals surface area contributed by atoms with Gasteiger partial charge in [-0.2, -0.15) is 0 Å². The normalized spacial score (nSPS) is 11.1. The molecule has 6 heteroatoms. The standard InChI is InChI=1S/C11H13NO4S/c1-8(11(13)14)7-9-3-5-10(6-4-9)17(15,16)12-2/h3-6,12H,1,7H2,2H3,(H,13,14). The molecular weight excluding hydrogens is 242 g/mol. The molecule has 0 saturated heterocycles. The van der Waals surface area contributed by atoms with Crippen molar-refractivity contribution in [1.82, 2.24) is 4.72 Å². The first kappa shape index (κ1) is 13.4. The van der Waals surface area contributed by atoms with Gasteiger partial charge in [0.25, 0.3) is 0 Å². The molecule has 0 radical (unpaired) electrons. The van der Waals surface area contributed by atoms with Gasteiger partial charge in [0.15, 0.2) is 0 Å². The van der Waals surface area contributed by atoms with Crippen LogP contribution in [-0.2, 0) is 21.2 Å². The van der Waals surface area contributed by atoms with Crippen LogP contribution in [0.25, 0.3) is 0 Å². The Morgan fingerprint density at radius 1 is 1.35 bits per heavy atom. The van der Waals surface area contributed by atoms with Gasteiger partial charge in [0.05, 0.1) is 4.90 Å². The molecule has 0 unspecified atom stereocenters. The number of carboxylic acids is 1. The fraction of sp³-hybridized carbons (Fsp3) is 0.182. The largest absolute Gasteiger partial charge is 0.478 e. The predicted molar refractivity (Wildman–Crippen MR) is 63.2 cm³/mol. The lowest BCUT2D eigenvalue weighted by Gasteiger charge is -2.04. The third-order valence-electron chi connectivity index (χ3n) is 2.22. The van der Waals surface area contributed by atoms with Crippen molar-refractivity contribution < 1.29 is 18.3 Å². The summed E-state index contributed by atoms with van der Waals surface area (Å²) in [5.74, 6) is -1.06. The Hall–Kier alpha value is -1.66. The summed E-state index contributed by atoms with van der Waals surface area (Å²) in [5, 5.41) is 8.66. The van der Waals surface area contributed by atoms with E-state index >= 15 is 0 Å². The van der Waals surface area contributed by atoms with Crippen LogP contribution in [0.5, 0.6) is 0 Å². The van der Waals surface area contributed by atoms with Gasteiger partial charge in [0.1, 0.15) is 0 Å². The molecule has 0 spiro atoms. The summed E-state index contributed by atoms with van der Waals surface area (Å²) in [5.41, 5.74) is 0.765. The van der Waals surface area contributed by atoms with Crippen LogP contribution in [0, 0.1) is 0 Å². The molecule has 0 aliphatic heterocycles. The van der Waals surface area contributed by atoms with E-state index in [9.17, 15) is 13.2 Å². The summed E-state index contributed by atoms with van der Waals surface area (Å²) < 4.78 is 25.0. The van der Waals surface area contributed by atoms with Crippen molar-refractivity contribution in [3.63, 3.8) is 0 Å². The van der Waals surface area contributed by atoms with Crippen molar-refractivity contribution >= 4 is 16.0 Å². The lowest BCUT2D eigenvalue weighted by molar-refractivity contribution is -0.132. The highest BCUT2D eigenvalue weighted by Crippen LogP contribution is 2.12. The molecule has 0 bridgehead atoms. The van der Waals surface area contributed by atoms with Gasteiger partial charge in [-0.05, 0) is 24.7 Å². The van der Waals surface area contributed by atoms with E-state index in [1.807, 2.05) is 0 Å². The van der Waals surface area contributed by atoms with Crippen molar-refractivity contribution in [3.8, 4) is 0 Å². The molecular formula is C11H13NO4S. The Bertz CT molecular complexity index is 531. The summed E-state index contributed by atoms with van der Waals surface area (Å²) in [6, 6.07) is 5.99. The SMILES string of the molecule is C=C(Cc1ccc(S(=O)(=O)NC)cc1)C(=O)O. The van der Waals surface area contributed by atoms with Gasteiger partial charge in [-0.1, -0.05) is 18.7 Å². The maximum atomic E-state index is 11.4. The molecule has 0 saturated carbocycles. The second-order valence-corrected chi connectivity index (χ2v) is 5.32. The first-order valence-electron chi connectivity index (χ1n) is 4.80. The van der Waals surface area contributed by atoms with E-state index < -0.39 is 16.0 Å². The van der Waals surface area contributed by atoms with Crippen molar-refractivity contribution in [2.24, 2.45) is 0 Å². The molecule has 2 N–H and O–H groups in total. The van der Waals surface area contributed by atoms with Crippen LogP contribution in [0.3, 0.4) is 0 Å². The number of sulfonamides is 1. The van der Waals surface area contributed by atoms with Crippen LogP contribution < -0.4 is 4.72 Å². The maximum absolute atomic E-state index is 11.4.